The van der Waals surface area contributed by atoms with Crippen molar-refractivity contribution in [1.82, 2.24) is 9.97 Å². The van der Waals surface area contributed by atoms with Gasteiger partial charge in [0.2, 0.25) is 5.91 Å². The molecule has 2 aliphatic rings. The van der Waals surface area contributed by atoms with E-state index < -0.39 is 0 Å². The Balaban J connectivity index is 0.00000259. The molecular weight excluding hydrogens is 439 g/mol. The minimum Gasteiger partial charge on any atom is -0.366 e. The van der Waals surface area contributed by atoms with Crippen molar-refractivity contribution in [2.45, 2.75) is 32.4 Å². The van der Waals surface area contributed by atoms with Crippen LogP contribution < -0.4 is 20.4 Å². The number of aromatic nitrogens is 2. The summed E-state index contributed by atoms with van der Waals surface area (Å²) in [7, 11) is 1.84. The minimum absolute atomic E-state index is 0. The first-order valence-electron chi connectivity index (χ1n) is 10.8. The molecule has 33 heavy (non-hydrogen) atoms. The molecule has 5 rings (SSSR count). The zero-order valence-electron chi connectivity index (χ0n) is 18.6. The molecular formula is C24H27FN6OS. The van der Waals surface area contributed by atoms with E-state index in [4.69, 9.17) is 0 Å². The molecule has 0 saturated carbocycles. The first-order chi connectivity index (χ1) is 15.5. The van der Waals surface area contributed by atoms with Gasteiger partial charge in [-0.2, -0.15) is 13.5 Å². The van der Waals surface area contributed by atoms with Gasteiger partial charge in [0.05, 0.1) is 17.1 Å². The number of carbonyl (C=O) groups is 1. The molecule has 9 heteroatoms. The Hall–Kier alpha value is -3.33. The van der Waals surface area contributed by atoms with Crippen LogP contribution >= 0.6 is 13.5 Å². The Bertz CT molecular complexity index is 1150. The highest BCUT2D eigenvalue weighted by Gasteiger charge is 2.40. The molecule has 1 saturated heterocycles. The maximum absolute atomic E-state index is 13.0. The number of pyridine rings is 2. The predicted octanol–water partition coefficient (Wildman–Crippen LogP) is 4.34. The smallest absolute Gasteiger partial charge is 0.249 e. The van der Waals surface area contributed by atoms with Crippen molar-refractivity contribution < 1.29 is 9.18 Å². The number of aryl methyl sites for hydroxylation is 1. The van der Waals surface area contributed by atoms with Crippen molar-refractivity contribution >= 4 is 48.1 Å². The highest BCUT2D eigenvalue weighted by molar-refractivity contribution is 7.59. The maximum atomic E-state index is 13.0. The number of anilines is 5. The molecule has 0 bridgehead atoms. The third-order valence-corrected chi connectivity index (χ3v) is 6.08. The van der Waals surface area contributed by atoms with E-state index in [2.05, 4.69) is 25.5 Å². The Labute approximate surface area is 199 Å². The fraction of sp³-hybridized carbons (Fsp3) is 0.292. The molecule has 0 unspecified atom stereocenters. The van der Waals surface area contributed by atoms with Gasteiger partial charge >= 0.3 is 0 Å². The molecule has 0 spiro atoms. The van der Waals surface area contributed by atoms with Crippen LogP contribution in [0.15, 0.2) is 48.7 Å². The summed E-state index contributed by atoms with van der Waals surface area (Å²) >= 11 is 0. The second-order valence-electron chi connectivity index (χ2n) is 8.25. The van der Waals surface area contributed by atoms with Gasteiger partial charge in [0.25, 0.3) is 0 Å². The summed E-state index contributed by atoms with van der Waals surface area (Å²) in [6, 6.07) is 12.0. The molecule has 4 heterocycles. The van der Waals surface area contributed by atoms with Crippen LogP contribution in [0.25, 0.3) is 0 Å². The van der Waals surface area contributed by atoms with Crippen molar-refractivity contribution in [3.63, 3.8) is 0 Å². The van der Waals surface area contributed by atoms with Gasteiger partial charge in [-0.15, -0.1) is 0 Å². The highest BCUT2D eigenvalue weighted by atomic mass is 32.1. The normalized spacial score (nSPS) is 16.7. The van der Waals surface area contributed by atoms with Gasteiger partial charge in [-0.25, -0.2) is 14.4 Å². The summed E-state index contributed by atoms with van der Waals surface area (Å²) in [6.07, 6.45) is 3.72. The lowest BCUT2D eigenvalue weighted by Gasteiger charge is -2.38. The molecule has 0 radical (unpaired) electrons. The average Bonchev–Trinajstić information content (AvgIpc) is 3.29. The Morgan fingerprint density at radius 3 is 2.67 bits per heavy atom. The van der Waals surface area contributed by atoms with Gasteiger partial charge < -0.3 is 20.4 Å². The average molecular weight is 467 g/mol. The van der Waals surface area contributed by atoms with Crippen LogP contribution in [-0.2, 0) is 11.3 Å². The molecule has 1 atom stereocenters. The van der Waals surface area contributed by atoms with Crippen molar-refractivity contribution in [3.8, 4) is 0 Å². The van der Waals surface area contributed by atoms with Crippen molar-refractivity contribution in [2.75, 3.05) is 34.0 Å². The summed E-state index contributed by atoms with van der Waals surface area (Å²) in [5.41, 5.74) is 4.60. The van der Waals surface area contributed by atoms with E-state index in [0.29, 0.717) is 12.4 Å². The molecule has 3 aromatic rings. The number of nitrogens with one attached hydrogen (secondary N) is 2. The quantitative estimate of drug-likeness (QED) is 0.583. The highest BCUT2D eigenvalue weighted by Crippen LogP contribution is 2.42. The molecule has 1 amide bonds. The fourth-order valence-corrected chi connectivity index (χ4v) is 4.50. The van der Waals surface area contributed by atoms with Gasteiger partial charge in [0, 0.05) is 38.1 Å². The number of halogens is 1. The van der Waals surface area contributed by atoms with Gasteiger partial charge in [0.1, 0.15) is 23.5 Å². The van der Waals surface area contributed by atoms with Gasteiger partial charge in [-0.3, -0.25) is 4.79 Å². The summed E-state index contributed by atoms with van der Waals surface area (Å²) in [5, 5.41) is 6.54. The Kier molecular flexibility index (Phi) is 6.42. The van der Waals surface area contributed by atoms with Crippen LogP contribution in [0.2, 0.25) is 0 Å². The lowest BCUT2D eigenvalue weighted by molar-refractivity contribution is -0.119. The number of rotatable bonds is 5. The van der Waals surface area contributed by atoms with Gasteiger partial charge in [-0.05, 0) is 55.7 Å². The largest absolute Gasteiger partial charge is 0.366 e. The van der Waals surface area contributed by atoms with Crippen LogP contribution in [0.3, 0.4) is 0 Å². The van der Waals surface area contributed by atoms with Crippen LogP contribution in [0, 0.1) is 12.7 Å². The molecule has 2 N–H and O–H groups in total. The van der Waals surface area contributed by atoms with Gasteiger partial charge in [0.15, 0.2) is 0 Å². The van der Waals surface area contributed by atoms with Crippen LogP contribution in [0.1, 0.15) is 24.1 Å². The lowest BCUT2D eigenvalue weighted by atomic mass is 10.1. The molecule has 2 aliphatic heterocycles. The second-order valence-corrected chi connectivity index (χ2v) is 8.25. The third-order valence-electron chi connectivity index (χ3n) is 6.08. The number of benzene rings is 1. The van der Waals surface area contributed by atoms with E-state index in [-0.39, 0.29) is 31.3 Å². The molecule has 2 aromatic heterocycles. The van der Waals surface area contributed by atoms with E-state index in [0.717, 1.165) is 53.5 Å². The number of hydrogen-bond acceptors (Lipinski definition) is 6. The number of fused-ring (bicyclic) bond motifs is 3. The summed E-state index contributed by atoms with van der Waals surface area (Å²) in [4.78, 5) is 25.8. The third kappa shape index (κ3) is 4.45. The summed E-state index contributed by atoms with van der Waals surface area (Å²) < 4.78 is 13.0. The Morgan fingerprint density at radius 2 is 1.94 bits per heavy atom. The molecule has 7 nitrogen and oxygen atoms in total. The zero-order valence-corrected chi connectivity index (χ0v) is 19.6. The van der Waals surface area contributed by atoms with E-state index in [1.54, 1.807) is 23.2 Å². The zero-order chi connectivity index (χ0) is 22.2. The van der Waals surface area contributed by atoms with E-state index in [9.17, 15) is 9.18 Å². The van der Waals surface area contributed by atoms with Gasteiger partial charge in [-0.1, -0.05) is 6.07 Å². The number of carbonyl (C=O) groups excluding carboxylic acids is 1. The molecule has 1 aromatic carbocycles. The van der Waals surface area contributed by atoms with E-state index >= 15 is 0 Å². The summed E-state index contributed by atoms with van der Waals surface area (Å²) in [5.74, 6) is 1.36. The van der Waals surface area contributed by atoms with Crippen LogP contribution in [0.4, 0.5) is 33.1 Å². The first kappa shape index (κ1) is 22.8. The molecule has 0 aliphatic carbocycles. The summed E-state index contributed by atoms with van der Waals surface area (Å²) in [6.45, 7) is 3.42. The number of likely N-dealkylation sites (N-methyl/N-ethyl adjacent to an activating group) is 1. The van der Waals surface area contributed by atoms with E-state index in [1.807, 2.05) is 32.2 Å². The molecule has 1 fully saturated rings. The topological polar surface area (TPSA) is 73.4 Å². The van der Waals surface area contributed by atoms with Crippen LogP contribution in [-0.4, -0.2) is 35.5 Å². The van der Waals surface area contributed by atoms with Crippen molar-refractivity contribution in [2.24, 2.45) is 0 Å². The monoisotopic (exact) mass is 466 g/mol. The van der Waals surface area contributed by atoms with Crippen molar-refractivity contribution in [3.05, 3.63) is 65.7 Å². The number of amides is 1. The SMILES string of the molecule is Cc1nc(NCc2ccc(Nc3ccc(F)cc3)nc2)cc2c1N(C)C(=O)[C@@H]1CCCN21.S. The fourth-order valence-electron chi connectivity index (χ4n) is 4.50. The maximum Gasteiger partial charge on any atom is 0.249 e. The number of hydrogen-bond donors (Lipinski definition) is 2. The van der Waals surface area contributed by atoms with E-state index in [1.165, 1.54) is 12.1 Å². The molecule has 172 valence electrons. The lowest BCUT2D eigenvalue weighted by Crippen LogP contribution is -2.49. The minimum atomic E-state index is -0.269. The van der Waals surface area contributed by atoms with Crippen molar-refractivity contribution in [1.29, 1.82) is 0 Å². The number of nitrogens with zero attached hydrogens (tertiary/aromatic N) is 4. The Morgan fingerprint density at radius 1 is 1.15 bits per heavy atom. The predicted molar refractivity (Wildman–Crippen MR) is 134 cm³/mol. The second kappa shape index (κ2) is 9.27. The van der Waals surface area contributed by atoms with Crippen LogP contribution in [0.5, 0.6) is 0 Å². The first-order valence-corrected chi connectivity index (χ1v) is 10.8. The standard InChI is InChI=1S/C24H25FN6O.H2S/c1-15-23-20(31-11-3-4-19(31)24(32)30(23)2)12-22(28-15)27-14-16-5-10-21(26-13-16)29-18-8-6-17(25)7-9-18;/h5-10,12-13,19H,3-4,11,14H2,1-2H3,(H,26,29)(H,27,28);1H2/t19-;/m0./s1.